The summed E-state index contributed by atoms with van der Waals surface area (Å²) < 4.78 is 28.1. The van der Waals surface area contributed by atoms with Crippen molar-refractivity contribution < 1.29 is 67.8 Å². The fourth-order valence-electron chi connectivity index (χ4n) is 12.7. The largest absolute Gasteiger partial charge is 0.466 e. The average molecular weight is 749 g/mol. The van der Waals surface area contributed by atoms with Gasteiger partial charge in [0.25, 0.3) is 0 Å². The van der Waals surface area contributed by atoms with E-state index in [2.05, 4.69) is 6.92 Å². The zero-order valence-corrected chi connectivity index (χ0v) is 30.8. The minimum absolute atomic E-state index is 0.00499. The summed E-state index contributed by atoms with van der Waals surface area (Å²) >= 11 is 0. The second kappa shape index (κ2) is 11.2. The Bertz CT molecular complexity index is 2000. The molecule has 288 valence electrons. The summed E-state index contributed by atoms with van der Waals surface area (Å²) in [5, 5.41) is 35.0. The van der Waals surface area contributed by atoms with Gasteiger partial charge >= 0.3 is 29.8 Å². The van der Waals surface area contributed by atoms with Crippen LogP contribution in [0.25, 0.3) is 0 Å². The highest BCUT2D eigenvalue weighted by atomic mass is 16.6. The van der Waals surface area contributed by atoms with E-state index >= 15 is 0 Å². The van der Waals surface area contributed by atoms with Gasteiger partial charge < -0.3 is 39.0 Å². The molecule has 5 fully saturated rings. The van der Waals surface area contributed by atoms with Crippen LogP contribution >= 0.6 is 0 Å². The van der Waals surface area contributed by atoms with Gasteiger partial charge in [0.05, 0.1) is 25.0 Å². The Morgan fingerprint density at radius 3 is 2.39 bits per heavy atom. The van der Waals surface area contributed by atoms with Gasteiger partial charge in [0.1, 0.15) is 37.1 Å². The van der Waals surface area contributed by atoms with E-state index in [1.165, 1.54) is 21.0 Å². The number of fused-ring (bicyclic) bond motifs is 7. The molecule has 2 bridgehead atoms. The van der Waals surface area contributed by atoms with Crippen molar-refractivity contribution in [1.82, 2.24) is 0 Å². The molecule has 2 aliphatic heterocycles. The zero-order valence-electron chi connectivity index (χ0n) is 30.8. The molecule has 0 aromatic rings. The van der Waals surface area contributed by atoms with Crippen molar-refractivity contribution in [1.29, 1.82) is 0 Å². The summed E-state index contributed by atoms with van der Waals surface area (Å²) in [5.41, 5.74) is -2.21. The molecule has 14 nitrogen and oxygen atoms in total. The molecule has 9 rings (SSSR count). The molecule has 0 aromatic carbocycles. The molecule has 0 aromatic heterocycles. The van der Waals surface area contributed by atoms with Gasteiger partial charge in [0.2, 0.25) is 0 Å². The van der Waals surface area contributed by atoms with Gasteiger partial charge in [0, 0.05) is 34.5 Å². The number of hydrogen-bond donors (Lipinski definition) is 3. The van der Waals surface area contributed by atoms with Crippen LogP contribution < -0.4 is 0 Å². The predicted molar refractivity (Wildman–Crippen MR) is 180 cm³/mol. The zero-order chi connectivity index (χ0) is 38.6. The van der Waals surface area contributed by atoms with Crippen molar-refractivity contribution in [3.8, 4) is 0 Å². The van der Waals surface area contributed by atoms with Crippen LogP contribution in [0.15, 0.2) is 45.1 Å². The molecule has 5 saturated carbocycles. The summed E-state index contributed by atoms with van der Waals surface area (Å²) in [6.07, 6.45) is -1.07. The van der Waals surface area contributed by atoms with E-state index in [9.17, 15) is 44.1 Å². The monoisotopic (exact) mass is 748 g/mol. The first kappa shape index (κ1) is 35.6. The maximum Gasteiger partial charge on any atom is 0.338 e. The van der Waals surface area contributed by atoms with Crippen LogP contribution in [0.4, 0.5) is 0 Å². The number of ketones is 1. The van der Waals surface area contributed by atoms with E-state index < -0.39 is 101 Å². The number of aliphatic hydroxyl groups excluding tert-OH is 2. The Balaban J connectivity index is 1.26. The lowest BCUT2D eigenvalue weighted by molar-refractivity contribution is -0.191. The fraction of sp³-hybridized carbons (Fsp3) is 0.650. The van der Waals surface area contributed by atoms with Gasteiger partial charge in [-0.2, -0.15) is 0 Å². The maximum atomic E-state index is 14.6. The molecule has 0 saturated heterocycles. The number of methoxy groups -OCH3 is 1. The number of cyclic esters (lactones) is 3. The normalized spacial score (nSPS) is 48.0. The smallest absolute Gasteiger partial charge is 0.338 e. The van der Waals surface area contributed by atoms with E-state index in [1.807, 2.05) is 6.92 Å². The van der Waals surface area contributed by atoms with Crippen molar-refractivity contribution in [2.24, 2.45) is 52.3 Å². The Hall–Kier alpha value is -4.14. The third-order valence-corrected chi connectivity index (χ3v) is 15.2. The molecule has 2 heterocycles. The van der Waals surface area contributed by atoms with E-state index in [1.54, 1.807) is 0 Å². The SMILES string of the molecule is COC(=O)/C(C)=C1\C(=O)[C@H](O)[C@]2(C)C3=C(C[C@@H]4[C@]5(OC(=O)C6=C5C[C@H]5[C@](O)(COC(=O)/C=C(\C)COC(=O)[C@@H](O)CC(=O)OC6)[C@H]6C[C@H]6[C@]45C)[C@H]31)[C@H]1C[C@H]12. The standard InChI is InChI=1S/C40H44O14/c1-15-6-27(42)53-14-39(49)23-9-22(23)37(3)25(39)10-21-19(13-51-28(43)11-24(41)36(48)52-12-15)35(47)54-40(21)26(37)8-18-17-7-20(17)38(4)30(18)31(40)29(32(44)33(38)45)16(2)34(46)50-5/h6,17,20,22-26,31,33,41,45,49H,7-14H2,1-5H3/b15-6+,29-16-/t17-,20-,22-,23+,24+,25-,26+,31+,33+,37+,38+,39+,40+/m1/s1. The lowest BCUT2D eigenvalue weighted by Crippen LogP contribution is -2.67. The second-order valence-electron chi connectivity index (χ2n) is 17.4. The van der Waals surface area contributed by atoms with Crippen molar-refractivity contribution in [2.45, 2.75) is 83.2 Å². The van der Waals surface area contributed by atoms with E-state index in [-0.39, 0.29) is 60.0 Å². The summed E-state index contributed by atoms with van der Waals surface area (Å²) in [6.45, 7) is 5.67. The Morgan fingerprint density at radius 1 is 0.926 bits per heavy atom. The minimum Gasteiger partial charge on any atom is -0.466 e. The molecule has 1 spiro atoms. The van der Waals surface area contributed by atoms with E-state index in [0.717, 1.165) is 23.6 Å². The number of carbonyl (C=O) groups is 6. The third kappa shape index (κ3) is 4.27. The summed E-state index contributed by atoms with van der Waals surface area (Å²) in [6, 6.07) is 0. The maximum absolute atomic E-state index is 14.6. The molecule has 0 radical (unpaired) electrons. The lowest BCUT2D eigenvalue weighted by Gasteiger charge is -2.63. The van der Waals surface area contributed by atoms with Crippen LogP contribution in [0.1, 0.15) is 59.8 Å². The highest BCUT2D eigenvalue weighted by molar-refractivity contribution is 6.09. The molecule has 14 heteroatoms. The number of aliphatic hydroxyl groups is 3. The number of esters is 5. The van der Waals surface area contributed by atoms with Crippen LogP contribution in [0, 0.1) is 52.3 Å². The van der Waals surface area contributed by atoms with Gasteiger partial charge in [-0.15, -0.1) is 0 Å². The van der Waals surface area contributed by atoms with Gasteiger partial charge in [-0.25, -0.2) is 19.2 Å². The van der Waals surface area contributed by atoms with Crippen LogP contribution in [-0.4, -0.2) is 101 Å². The first-order valence-electron chi connectivity index (χ1n) is 18.7. The minimum atomic E-state index is -1.89. The van der Waals surface area contributed by atoms with Crippen molar-refractivity contribution >= 4 is 35.6 Å². The van der Waals surface area contributed by atoms with Gasteiger partial charge in [-0.1, -0.05) is 19.4 Å². The summed E-state index contributed by atoms with van der Waals surface area (Å²) in [4.78, 5) is 80.9. The molecule has 13 atom stereocenters. The highest BCUT2D eigenvalue weighted by Gasteiger charge is 2.84. The van der Waals surface area contributed by atoms with Gasteiger partial charge in [0.15, 0.2) is 11.9 Å². The lowest BCUT2D eigenvalue weighted by atomic mass is 9.42. The predicted octanol–water partition coefficient (Wildman–Crippen LogP) is 1.35. The number of carbonyl (C=O) groups excluding carboxylic acids is 6. The first-order valence-corrected chi connectivity index (χ1v) is 18.7. The first-order chi connectivity index (χ1) is 25.5. The molecule has 0 amide bonds. The molecule has 54 heavy (non-hydrogen) atoms. The van der Waals surface area contributed by atoms with Gasteiger partial charge in [-0.3, -0.25) is 9.59 Å². The molecule has 9 aliphatic rings. The van der Waals surface area contributed by atoms with Crippen molar-refractivity contribution in [2.75, 3.05) is 26.9 Å². The van der Waals surface area contributed by atoms with E-state index in [4.69, 9.17) is 23.7 Å². The topological polar surface area (TPSA) is 209 Å². The van der Waals surface area contributed by atoms with Crippen LogP contribution in [0.5, 0.6) is 0 Å². The molecular formula is C40H44O14. The average Bonchev–Trinajstić information content (AvgIpc) is 4.05. The fourth-order valence-corrected chi connectivity index (χ4v) is 12.7. The highest BCUT2D eigenvalue weighted by Crippen LogP contribution is 2.83. The third-order valence-electron chi connectivity index (χ3n) is 15.2. The Morgan fingerprint density at radius 2 is 1.67 bits per heavy atom. The van der Waals surface area contributed by atoms with Crippen LogP contribution in [0.2, 0.25) is 0 Å². The second-order valence-corrected chi connectivity index (χ2v) is 17.4. The number of Topliss-reactive ketones (excluding diaryl/α,β-unsaturated/α-hetero) is 1. The summed E-state index contributed by atoms with van der Waals surface area (Å²) in [5.74, 6) is -7.42. The number of ether oxygens (including phenoxy) is 5. The van der Waals surface area contributed by atoms with Gasteiger partial charge in [-0.05, 0) is 85.3 Å². The summed E-state index contributed by atoms with van der Waals surface area (Å²) in [7, 11) is 1.20. The van der Waals surface area contributed by atoms with E-state index in [0.29, 0.717) is 24.0 Å². The quantitative estimate of drug-likeness (QED) is 0.150. The Labute approximate surface area is 310 Å². The number of allylic oxidation sites excluding steroid dienone is 1. The van der Waals surface area contributed by atoms with Crippen molar-refractivity contribution in [3.05, 3.63) is 45.1 Å². The van der Waals surface area contributed by atoms with Crippen LogP contribution in [-0.2, 0) is 52.5 Å². The number of rotatable bonds is 1. The van der Waals surface area contributed by atoms with Crippen LogP contribution in [0.3, 0.4) is 0 Å². The molecular weight excluding hydrogens is 704 g/mol. The number of hydrogen-bond acceptors (Lipinski definition) is 14. The Kier molecular flexibility index (Phi) is 7.39. The van der Waals surface area contributed by atoms with Crippen molar-refractivity contribution in [3.63, 3.8) is 0 Å². The molecule has 3 N–H and O–H groups in total. The molecule has 0 unspecified atom stereocenters. The molecule has 7 aliphatic carbocycles.